The highest BCUT2D eigenvalue weighted by Crippen LogP contribution is 2.37. The number of hydrogen-bond acceptors (Lipinski definition) is 4. The predicted octanol–water partition coefficient (Wildman–Crippen LogP) is 2.86. The standard InChI is InChI=1S/C19H27NO4/c1-23-16-10-5-11-17(24-2)18(16)19(22)20-12-6-8-14(20)13-7-3-4-9-15(13)21/h5,10-11,13-15,21H,3-4,6-9,12H2,1-2H3/t13-,14+,15+/m0/s1. The quantitative estimate of drug-likeness (QED) is 0.920. The summed E-state index contributed by atoms with van der Waals surface area (Å²) in [5.41, 5.74) is 0.486. The van der Waals surface area contributed by atoms with Crippen LogP contribution in [-0.4, -0.2) is 48.8 Å². The number of benzene rings is 1. The van der Waals surface area contributed by atoms with Crippen molar-refractivity contribution in [2.45, 2.75) is 50.7 Å². The summed E-state index contributed by atoms with van der Waals surface area (Å²) in [5, 5.41) is 10.4. The molecule has 0 radical (unpaired) electrons. The maximum atomic E-state index is 13.3. The van der Waals surface area contributed by atoms with Crippen molar-refractivity contribution in [1.82, 2.24) is 4.90 Å². The average molecular weight is 333 g/mol. The number of amides is 1. The zero-order chi connectivity index (χ0) is 17.1. The molecule has 3 rings (SSSR count). The van der Waals surface area contributed by atoms with Gasteiger partial charge in [0.25, 0.3) is 5.91 Å². The van der Waals surface area contributed by atoms with Crippen LogP contribution >= 0.6 is 0 Å². The highest BCUT2D eigenvalue weighted by molar-refractivity contribution is 6.00. The summed E-state index contributed by atoms with van der Waals surface area (Å²) in [7, 11) is 3.13. The summed E-state index contributed by atoms with van der Waals surface area (Å²) in [6.07, 6.45) is 5.72. The normalized spacial score (nSPS) is 27.1. The molecule has 0 aromatic heterocycles. The van der Waals surface area contributed by atoms with Crippen LogP contribution in [0.5, 0.6) is 11.5 Å². The van der Waals surface area contributed by atoms with Gasteiger partial charge in [0, 0.05) is 18.5 Å². The maximum absolute atomic E-state index is 13.3. The van der Waals surface area contributed by atoms with Crippen molar-refractivity contribution in [2.24, 2.45) is 5.92 Å². The fourth-order valence-electron chi connectivity index (χ4n) is 4.28. The zero-order valence-electron chi connectivity index (χ0n) is 14.5. The lowest BCUT2D eigenvalue weighted by molar-refractivity contribution is 0.0209. The molecule has 1 saturated carbocycles. The first-order chi connectivity index (χ1) is 11.7. The van der Waals surface area contributed by atoms with Gasteiger partial charge in [-0.25, -0.2) is 0 Å². The maximum Gasteiger partial charge on any atom is 0.261 e. The summed E-state index contributed by atoms with van der Waals surface area (Å²) in [4.78, 5) is 15.2. The molecular weight excluding hydrogens is 306 g/mol. The van der Waals surface area contributed by atoms with E-state index in [4.69, 9.17) is 9.47 Å². The molecule has 0 unspecified atom stereocenters. The lowest BCUT2D eigenvalue weighted by Crippen LogP contribution is -2.45. The molecule has 5 nitrogen and oxygen atoms in total. The van der Waals surface area contributed by atoms with Gasteiger partial charge in [-0.15, -0.1) is 0 Å². The molecule has 1 aliphatic heterocycles. The fourth-order valence-corrected chi connectivity index (χ4v) is 4.28. The Kier molecular flexibility index (Phi) is 5.29. The minimum Gasteiger partial charge on any atom is -0.496 e. The van der Waals surface area contributed by atoms with Gasteiger partial charge in [-0.05, 0) is 37.8 Å². The van der Waals surface area contributed by atoms with Crippen molar-refractivity contribution in [1.29, 1.82) is 0 Å². The molecule has 1 amide bonds. The number of rotatable bonds is 4. The van der Waals surface area contributed by atoms with Crippen LogP contribution in [0.1, 0.15) is 48.9 Å². The third kappa shape index (κ3) is 3.09. The average Bonchev–Trinajstić information content (AvgIpc) is 3.10. The molecular formula is C19H27NO4. The van der Waals surface area contributed by atoms with Crippen LogP contribution in [0.4, 0.5) is 0 Å². The lowest BCUT2D eigenvalue weighted by atomic mass is 9.80. The van der Waals surface area contributed by atoms with Gasteiger partial charge in [0.05, 0.1) is 20.3 Å². The van der Waals surface area contributed by atoms with Gasteiger partial charge in [0.15, 0.2) is 0 Å². The molecule has 2 fully saturated rings. The second kappa shape index (κ2) is 7.43. The zero-order valence-corrected chi connectivity index (χ0v) is 14.5. The van der Waals surface area contributed by atoms with Crippen LogP contribution in [0.25, 0.3) is 0 Å². The SMILES string of the molecule is COc1cccc(OC)c1C(=O)N1CCC[C@@H]1[C@@H]1CCCC[C@H]1O. The number of aliphatic hydroxyl groups excluding tert-OH is 1. The van der Waals surface area contributed by atoms with E-state index in [1.165, 1.54) is 0 Å². The predicted molar refractivity (Wildman–Crippen MR) is 91.6 cm³/mol. The van der Waals surface area contributed by atoms with E-state index in [1.807, 2.05) is 11.0 Å². The number of carbonyl (C=O) groups excluding carboxylic acids is 1. The number of nitrogens with zero attached hydrogens (tertiary/aromatic N) is 1. The Morgan fingerprint density at radius 3 is 2.38 bits per heavy atom. The fraction of sp³-hybridized carbons (Fsp3) is 0.632. The van der Waals surface area contributed by atoms with E-state index in [0.717, 1.165) is 45.1 Å². The summed E-state index contributed by atoms with van der Waals surface area (Å²) >= 11 is 0. The first-order valence-corrected chi connectivity index (χ1v) is 8.87. The van der Waals surface area contributed by atoms with Crippen LogP contribution in [0.15, 0.2) is 18.2 Å². The van der Waals surface area contributed by atoms with E-state index in [1.54, 1.807) is 26.4 Å². The Balaban J connectivity index is 1.89. The van der Waals surface area contributed by atoms with Crippen molar-refractivity contribution in [2.75, 3.05) is 20.8 Å². The molecule has 24 heavy (non-hydrogen) atoms. The largest absolute Gasteiger partial charge is 0.496 e. The molecule has 0 bridgehead atoms. The van der Waals surface area contributed by atoms with Crippen LogP contribution in [-0.2, 0) is 0 Å². The Labute approximate surface area is 143 Å². The number of ether oxygens (including phenoxy) is 2. The van der Waals surface area contributed by atoms with Gasteiger partial charge in [0.1, 0.15) is 17.1 Å². The van der Waals surface area contributed by atoms with Crippen molar-refractivity contribution in [3.63, 3.8) is 0 Å². The molecule has 5 heteroatoms. The third-order valence-corrected chi connectivity index (χ3v) is 5.48. The second-order valence-corrected chi connectivity index (χ2v) is 6.76. The summed E-state index contributed by atoms with van der Waals surface area (Å²) in [6.45, 7) is 0.730. The highest BCUT2D eigenvalue weighted by atomic mass is 16.5. The number of hydrogen-bond donors (Lipinski definition) is 1. The van der Waals surface area contributed by atoms with Crippen LogP contribution in [0, 0.1) is 5.92 Å². The Morgan fingerprint density at radius 2 is 1.75 bits per heavy atom. The molecule has 132 valence electrons. The van der Waals surface area contributed by atoms with E-state index in [0.29, 0.717) is 17.1 Å². The van der Waals surface area contributed by atoms with Crippen LogP contribution in [0.2, 0.25) is 0 Å². The molecule has 1 aromatic rings. The molecule has 3 atom stereocenters. The Morgan fingerprint density at radius 1 is 1.08 bits per heavy atom. The monoisotopic (exact) mass is 333 g/mol. The number of methoxy groups -OCH3 is 2. The van der Waals surface area contributed by atoms with Gasteiger partial charge in [-0.2, -0.15) is 0 Å². The Bertz CT molecular complexity index is 566. The first kappa shape index (κ1) is 17.1. The topological polar surface area (TPSA) is 59.0 Å². The highest BCUT2D eigenvalue weighted by Gasteiger charge is 2.40. The molecule has 1 N–H and O–H groups in total. The van der Waals surface area contributed by atoms with E-state index in [9.17, 15) is 9.90 Å². The van der Waals surface area contributed by atoms with E-state index >= 15 is 0 Å². The van der Waals surface area contributed by atoms with Crippen molar-refractivity contribution < 1.29 is 19.4 Å². The van der Waals surface area contributed by atoms with Gasteiger partial charge >= 0.3 is 0 Å². The summed E-state index contributed by atoms with van der Waals surface area (Å²) in [5.74, 6) is 1.21. The van der Waals surface area contributed by atoms with Crippen molar-refractivity contribution in [3.8, 4) is 11.5 Å². The molecule has 2 aliphatic rings. The number of carbonyl (C=O) groups is 1. The van der Waals surface area contributed by atoms with Gasteiger partial charge < -0.3 is 19.5 Å². The molecule has 1 aromatic carbocycles. The van der Waals surface area contributed by atoms with E-state index in [-0.39, 0.29) is 24.0 Å². The van der Waals surface area contributed by atoms with E-state index in [2.05, 4.69) is 0 Å². The number of aliphatic hydroxyl groups is 1. The minimum absolute atomic E-state index is 0.0513. The minimum atomic E-state index is -0.295. The van der Waals surface area contributed by atoms with Gasteiger partial charge in [0.2, 0.25) is 0 Å². The number of likely N-dealkylation sites (tertiary alicyclic amines) is 1. The second-order valence-electron chi connectivity index (χ2n) is 6.76. The molecule has 1 saturated heterocycles. The molecule has 1 heterocycles. The van der Waals surface area contributed by atoms with Crippen molar-refractivity contribution in [3.05, 3.63) is 23.8 Å². The molecule has 0 spiro atoms. The van der Waals surface area contributed by atoms with Crippen molar-refractivity contribution >= 4 is 5.91 Å². The molecule has 1 aliphatic carbocycles. The summed E-state index contributed by atoms with van der Waals surface area (Å²) < 4.78 is 10.8. The van der Waals surface area contributed by atoms with Crippen LogP contribution < -0.4 is 9.47 Å². The summed E-state index contributed by atoms with van der Waals surface area (Å²) in [6, 6.07) is 5.51. The Hall–Kier alpha value is -1.75. The van der Waals surface area contributed by atoms with Crippen LogP contribution in [0.3, 0.4) is 0 Å². The lowest BCUT2D eigenvalue weighted by Gasteiger charge is -2.37. The first-order valence-electron chi connectivity index (χ1n) is 8.87. The van der Waals surface area contributed by atoms with E-state index < -0.39 is 0 Å². The van der Waals surface area contributed by atoms with Gasteiger partial charge in [-0.3, -0.25) is 4.79 Å². The van der Waals surface area contributed by atoms with Gasteiger partial charge in [-0.1, -0.05) is 18.9 Å². The smallest absolute Gasteiger partial charge is 0.261 e. The third-order valence-electron chi connectivity index (χ3n) is 5.48.